The quantitative estimate of drug-likeness (QED) is 0.883. The molecule has 2 aromatic heterocycles. The van der Waals surface area contributed by atoms with Gasteiger partial charge in [-0.05, 0) is 41.4 Å². The topological polar surface area (TPSA) is 54.3 Å². The van der Waals surface area contributed by atoms with E-state index in [2.05, 4.69) is 5.32 Å². The van der Waals surface area contributed by atoms with Gasteiger partial charge in [-0.15, -0.1) is 0 Å². The van der Waals surface area contributed by atoms with Crippen molar-refractivity contribution in [2.24, 2.45) is 7.05 Å². The van der Waals surface area contributed by atoms with E-state index >= 15 is 0 Å². The highest BCUT2D eigenvalue weighted by molar-refractivity contribution is 7.08. The van der Waals surface area contributed by atoms with Crippen LogP contribution in [0.4, 0.5) is 0 Å². The minimum Gasteiger partial charge on any atom is -0.384 e. The molecule has 0 spiro atoms. The average Bonchev–Trinajstić information content (AvgIpc) is 2.96. The Morgan fingerprint density at radius 3 is 2.89 bits per heavy atom. The van der Waals surface area contributed by atoms with Gasteiger partial charge in [-0.1, -0.05) is 0 Å². The van der Waals surface area contributed by atoms with Gasteiger partial charge in [-0.2, -0.15) is 11.3 Å². The lowest BCUT2D eigenvalue weighted by molar-refractivity contribution is 0.0527. The first-order valence-electron chi connectivity index (χ1n) is 5.65. The maximum Gasteiger partial charge on any atom is 0.268 e. The van der Waals surface area contributed by atoms with E-state index in [4.69, 9.17) is 0 Å². The van der Waals surface area contributed by atoms with Gasteiger partial charge in [0.1, 0.15) is 11.3 Å². The van der Waals surface area contributed by atoms with Gasteiger partial charge >= 0.3 is 0 Å². The fraction of sp³-hybridized carbons (Fsp3) is 0.308. The highest BCUT2D eigenvalue weighted by Gasteiger charge is 2.24. The molecule has 0 aliphatic heterocycles. The number of nitrogens with zero attached hydrogens (tertiary/aromatic N) is 1. The summed E-state index contributed by atoms with van der Waals surface area (Å²) < 4.78 is 1.74. The largest absolute Gasteiger partial charge is 0.384 e. The summed E-state index contributed by atoms with van der Waals surface area (Å²) in [4.78, 5) is 11.9. The van der Waals surface area contributed by atoms with Crippen molar-refractivity contribution in [2.75, 3.05) is 6.54 Å². The van der Waals surface area contributed by atoms with Crippen LogP contribution in [0.5, 0.6) is 0 Å². The fourth-order valence-corrected chi connectivity index (χ4v) is 2.50. The number of aromatic nitrogens is 1. The minimum absolute atomic E-state index is 0.182. The second kappa shape index (κ2) is 4.96. The third-order valence-corrected chi connectivity index (χ3v) is 3.60. The minimum atomic E-state index is -1.04. The summed E-state index contributed by atoms with van der Waals surface area (Å²) in [5, 5.41) is 16.8. The SMILES string of the molecule is Cn1cccc1C(=O)NC[C@](C)(O)c1ccsc1. The number of aryl methyl sites for hydroxylation is 1. The lowest BCUT2D eigenvalue weighted by Crippen LogP contribution is -2.38. The number of amides is 1. The molecule has 1 atom stereocenters. The zero-order valence-electron chi connectivity index (χ0n) is 10.4. The predicted molar refractivity (Wildman–Crippen MR) is 71.6 cm³/mol. The van der Waals surface area contributed by atoms with Crippen molar-refractivity contribution in [3.8, 4) is 0 Å². The van der Waals surface area contributed by atoms with Crippen LogP contribution in [-0.2, 0) is 12.6 Å². The normalized spacial score (nSPS) is 14.2. The Labute approximate surface area is 110 Å². The predicted octanol–water partition coefficient (Wildman–Crippen LogP) is 1.72. The first-order valence-corrected chi connectivity index (χ1v) is 6.59. The first kappa shape index (κ1) is 12.9. The van der Waals surface area contributed by atoms with Crippen molar-refractivity contribution in [3.05, 3.63) is 46.4 Å². The Kier molecular flexibility index (Phi) is 3.54. The van der Waals surface area contributed by atoms with E-state index in [1.54, 1.807) is 17.6 Å². The Balaban J connectivity index is 2.00. The Hall–Kier alpha value is -1.59. The molecule has 2 aromatic rings. The maximum atomic E-state index is 11.9. The van der Waals surface area contributed by atoms with Gasteiger partial charge in [0.25, 0.3) is 5.91 Å². The van der Waals surface area contributed by atoms with Gasteiger partial charge < -0.3 is 15.0 Å². The number of thiophene rings is 1. The molecular formula is C13H16N2O2S. The van der Waals surface area contributed by atoms with Crippen molar-refractivity contribution in [1.29, 1.82) is 0 Å². The number of carbonyl (C=O) groups excluding carboxylic acids is 1. The van der Waals surface area contributed by atoms with Gasteiger partial charge in [0, 0.05) is 13.2 Å². The van der Waals surface area contributed by atoms with Crippen LogP contribution in [0.15, 0.2) is 35.2 Å². The maximum absolute atomic E-state index is 11.9. The summed E-state index contributed by atoms with van der Waals surface area (Å²) in [5.74, 6) is -0.182. The number of hydrogen-bond acceptors (Lipinski definition) is 3. The fourth-order valence-electron chi connectivity index (χ4n) is 1.71. The zero-order valence-corrected chi connectivity index (χ0v) is 11.2. The molecule has 96 valence electrons. The summed E-state index contributed by atoms with van der Waals surface area (Å²) in [6.45, 7) is 1.88. The van der Waals surface area contributed by atoms with Crippen LogP contribution in [0.1, 0.15) is 23.0 Å². The molecule has 4 nitrogen and oxygen atoms in total. The van der Waals surface area contributed by atoms with Crippen molar-refractivity contribution >= 4 is 17.2 Å². The van der Waals surface area contributed by atoms with Gasteiger partial charge in [0.2, 0.25) is 0 Å². The molecule has 0 fully saturated rings. The molecule has 2 heterocycles. The molecular weight excluding hydrogens is 248 g/mol. The third-order valence-electron chi connectivity index (χ3n) is 2.91. The summed E-state index contributed by atoms with van der Waals surface area (Å²) >= 11 is 1.52. The molecule has 2 N–H and O–H groups in total. The molecule has 0 saturated carbocycles. The van der Waals surface area contributed by atoms with E-state index in [0.717, 1.165) is 5.56 Å². The molecule has 1 amide bonds. The molecule has 18 heavy (non-hydrogen) atoms. The molecule has 0 aliphatic rings. The molecule has 0 unspecified atom stereocenters. The molecule has 0 radical (unpaired) electrons. The van der Waals surface area contributed by atoms with Crippen molar-refractivity contribution in [3.63, 3.8) is 0 Å². The van der Waals surface area contributed by atoms with E-state index in [1.165, 1.54) is 11.3 Å². The number of aliphatic hydroxyl groups is 1. The third kappa shape index (κ3) is 2.63. The highest BCUT2D eigenvalue weighted by atomic mass is 32.1. The van der Waals surface area contributed by atoms with Crippen LogP contribution < -0.4 is 5.32 Å². The molecule has 5 heteroatoms. The van der Waals surface area contributed by atoms with Crippen LogP contribution in [0.3, 0.4) is 0 Å². The first-order chi connectivity index (χ1) is 8.50. The lowest BCUT2D eigenvalue weighted by Gasteiger charge is -2.22. The molecule has 0 bridgehead atoms. The van der Waals surface area contributed by atoms with Crippen LogP contribution in [-0.4, -0.2) is 22.1 Å². The Morgan fingerprint density at radius 1 is 1.56 bits per heavy atom. The summed E-state index contributed by atoms with van der Waals surface area (Å²) in [7, 11) is 1.81. The van der Waals surface area contributed by atoms with Crippen molar-refractivity contribution in [1.82, 2.24) is 9.88 Å². The summed E-state index contributed by atoms with van der Waals surface area (Å²) in [6.07, 6.45) is 1.81. The highest BCUT2D eigenvalue weighted by Crippen LogP contribution is 2.22. The number of carbonyl (C=O) groups is 1. The lowest BCUT2D eigenvalue weighted by atomic mass is 9.99. The summed E-state index contributed by atoms with van der Waals surface area (Å²) in [5.41, 5.74) is 0.358. The molecule has 0 saturated heterocycles. The second-order valence-corrected chi connectivity index (χ2v) is 5.25. The molecule has 0 aliphatic carbocycles. The van der Waals surface area contributed by atoms with E-state index in [1.807, 2.05) is 36.1 Å². The number of hydrogen-bond donors (Lipinski definition) is 2. The number of nitrogens with one attached hydrogen (secondary N) is 1. The van der Waals surface area contributed by atoms with Gasteiger partial charge in [0.15, 0.2) is 0 Å². The Morgan fingerprint density at radius 2 is 2.33 bits per heavy atom. The van der Waals surface area contributed by atoms with Crippen LogP contribution in [0.25, 0.3) is 0 Å². The van der Waals surface area contributed by atoms with Crippen molar-refractivity contribution < 1.29 is 9.90 Å². The van der Waals surface area contributed by atoms with E-state index in [9.17, 15) is 9.90 Å². The number of rotatable bonds is 4. The molecule has 2 rings (SSSR count). The second-order valence-electron chi connectivity index (χ2n) is 4.47. The molecule has 0 aromatic carbocycles. The van der Waals surface area contributed by atoms with Crippen molar-refractivity contribution in [2.45, 2.75) is 12.5 Å². The van der Waals surface area contributed by atoms with Crippen LogP contribution in [0.2, 0.25) is 0 Å². The standard InChI is InChI=1S/C13H16N2O2S/c1-13(17,10-5-7-18-8-10)9-14-12(16)11-4-3-6-15(11)2/h3-8,17H,9H2,1-2H3,(H,14,16)/t13-/m0/s1. The smallest absolute Gasteiger partial charge is 0.268 e. The summed E-state index contributed by atoms with van der Waals surface area (Å²) in [6, 6.07) is 5.42. The van der Waals surface area contributed by atoms with Gasteiger partial charge in [0.05, 0.1) is 6.54 Å². The van der Waals surface area contributed by atoms with E-state index in [-0.39, 0.29) is 12.5 Å². The average molecular weight is 264 g/mol. The van der Waals surface area contributed by atoms with E-state index < -0.39 is 5.60 Å². The van der Waals surface area contributed by atoms with Crippen LogP contribution >= 0.6 is 11.3 Å². The Bertz CT molecular complexity index is 529. The monoisotopic (exact) mass is 264 g/mol. The van der Waals surface area contributed by atoms with Gasteiger partial charge in [-0.25, -0.2) is 0 Å². The van der Waals surface area contributed by atoms with E-state index in [0.29, 0.717) is 5.69 Å². The zero-order chi connectivity index (χ0) is 13.2. The van der Waals surface area contributed by atoms with Gasteiger partial charge in [-0.3, -0.25) is 4.79 Å². The van der Waals surface area contributed by atoms with Crippen LogP contribution in [0, 0.1) is 0 Å².